The Morgan fingerprint density at radius 1 is 1.26 bits per heavy atom. The molecule has 0 spiro atoms. The fraction of sp³-hybridized carbons (Fsp3) is 0.625. The number of carbonyl (C=O) groups is 1. The van der Waals surface area contributed by atoms with Crippen molar-refractivity contribution in [1.82, 2.24) is 10.3 Å². The fourth-order valence-corrected chi connectivity index (χ4v) is 5.02. The minimum absolute atomic E-state index is 0.0115. The second kappa shape index (κ2) is 4.06. The summed E-state index contributed by atoms with van der Waals surface area (Å²) in [5.41, 5.74) is 0.937. The monoisotopic (exact) mass is 256 g/mol. The van der Waals surface area contributed by atoms with E-state index in [0.29, 0.717) is 18.4 Å². The predicted octanol–water partition coefficient (Wildman–Crippen LogP) is 2.52. The van der Waals surface area contributed by atoms with Crippen LogP contribution in [-0.2, 0) is 11.3 Å². The summed E-state index contributed by atoms with van der Waals surface area (Å²) in [5.74, 6) is 2.63. The molecule has 4 saturated carbocycles. The first kappa shape index (κ1) is 11.4. The average molecular weight is 256 g/mol. The van der Waals surface area contributed by atoms with Crippen LogP contribution >= 0.6 is 0 Å². The molecule has 1 N–H and O–H groups in total. The van der Waals surface area contributed by atoms with Crippen molar-refractivity contribution in [2.45, 2.75) is 38.6 Å². The van der Waals surface area contributed by atoms with Crippen LogP contribution in [0.3, 0.4) is 0 Å². The molecule has 4 fully saturated rings. The van der Waals surface area contributed by atoms with Gasteiger partial charge in [-0.15, -0.1) is 0 Å². The minimum Gasteiger partial charge on any atom is -0.350 e. The van der Waals surface area contributed by atoms with Gasteiger partial charge < -0.3 is 5.32 Å². The maximum Gasteiger partial charge on any atom is 0.226 e. The van der Waals surface area contributed by atoms with Gasteiger partial charge >= 0.3 is 0 Å². The Kier molecular flexibility index (Phi) is 2.44. The zero-order valence-electron chi connectivity index (χ0n) is 11.1. The third-order valence-corrected chi connectivity index (χ3v) is 5.60. The summed E-state index contributed by atoms with van der Waals surface area (Å²) in [6.07, 6.45) is 8.04. The van der Waals surface area contributed by atoms with Crippen LogP contribution in [0.1, 0.15) is 37.8 Å². The van der Waals surface area contributed by atoms with Crippen molar-refractivity contribution >= 4 is 5.91 Å². The molecule has 0 radical (unpaired) electrons. The average Bonchev–Trinajstić information content (AvgIpc) is 2.83. The van der Waals surface area contributed by atoms with Crippen LogP contribution in [0.4, 0.5) is 0 Å². The minimum atomic E-state index is -0.0115. The van der Waals surface area contributed by atoms with Crippen molar-refractivity contribution < 1.29 is 4.79 Å². The summed E-state index contributed by atoms with van der Waals surface area (Å²) in [6.45, 7) is 0.573. The second-order valence-electron chi connectivity index (χ2n) is 6.70. The number of hydrogen-bond donors (Lipinski definition) is 1. The Morgan fingerprint density at radius 2 is 2.05 bits per heavy atom. The standard InChI is InChI=1S/C16H20N2O/c19-15(18-10-14-3-1-2-4-17-14)16-8-11-5-12(9-16)7-13(16)6-11/h1-4,11-13H,5-10H2,(H,18,19). The van der Waals surface area contributed by atoms with Crippen LogP contribution in [0.2, 0.25) is 0 Å². The number of nitrogens with zero attached hydrogens (tertiary/aromatic N) is 1. The molecule has 4 aliphatic carbocycles. The Morgan fingerprint density at radius 3 is 2.74 bits per heavy atom. The van der Waals surface area contributed by atoms with Crippen molar-refractivity contribution in [3.05, 3.63) is 30.1 Å². The summed E-state index contributed by atoms with van der Waals surface area (Å²) < 4.78 is 0. The summed E-state index contributed by atoms with van der Waals surface area (Å²) in [4.78, 5) is 16.9. The molecule has 2 atom stereocenters. The lowest BCUT2D eigenvalue weighted by Gasteiger charge is -2.31. The predicted molar refractivity (Wildman–Crippen MR) is 72.1 cm³/mol. The Bertz CT molecular complexity index is 485. The number of carbonyl (C=O) groups excluding carboxylic acids is 1. The summed E-state index contributed by atoms with van der Waals surface area (Å²) in [6, 6.07) is 5.84. The van der Waals surface area contributed by atoms with E-state index >= 15 is 0 Å². The molecule has 5 rings (SSSR count). The zero-order chi connectivity index (χ0) is 12.9. The molecule has 100 valence electrons. The second-order valence-corrected chi connectivity index (χ2v) is 6.70. The van der Waals surface area contributed by atoms with Crippen molar-refractivity contribution in [3.8, 4) is 0 Å². The molecule has 3 heteroatoms. The van der Waals surface area contributed by atoms with Crippen molar-refractivity contribution in [2.24, 2.45) is 23.2 Å². The van der Waals surface area contributed by atoms with Crippen LogP contribution < -0.4 is 5.32 Å². The molecule has 4 bridgehead atoms. The topological polar surface area (TPSA) is 42.0 Å². The van der Waals surface area contributed by atoms with Crippen LogP contribution in [-0.4, -0.2) is 10.9 Å². The highest BCUT2D eigenvalue weighted by atomic mass is 16.2. The van der Waals surface area contributed by atoms with E-state index in [9.17, 15) is 4.79 Å². The molecule has 4 aliphatic rings. The quantitative estimate of drug-likeness (QED) is 0.903. The largest absolute Gasteiger partial charge is 0.350 e. The first-order valence-corrected chi connectivity index (χ1v) is 7.44. The highest BCUT2D eigenvalue weighted by molar-refractivity contribution is 5.84. The molecule has 1 heterocycles. The number of rotatable bonds is 3. The lowest BCUT2D eigenvalue weighted by molar-refractivity contribution is -0.133. The highest BCUT2D eigenvalue weighted by Crippen LogP contribution is 2.65. The molecule has 3 nitrogen and oxygen atoms in total. The molecule has 0 saturated heterocycles. The first-order chi connectivity index (χ1) is 9.26. The summed E-state index contributed by atoms with van der Waals surface area (Å²) >= 11 is 0. The molecule has 2 unspecified atom stereocenters. The SMILES string of the molecule is O=C(NCc1ccccn1)C12CC3CC(CC1C3)C2. The van der Waals surface area contributed by atoms with Crippen LogP contribution in [0.25, 0.3) is 0 Å². The van der Waals surface area contributed by atoms with E-state index in [2.05, 4.69) is 10.3 Å². The third kappa shape index (κ3) is 1.71. The van der Waals surface area contributed by atoms with Crippen LogP contribution in [0.5, 0.6) is 0 Å². The van der Waals surface area contributed by atoms with Crippen molar-refractivity contribution in [2.75, 3.05) is 0 Å². The van der Waals surface area contributed by atoms with Crippen LogP contribution in [0.15, 0.2) is 24.4 Å². The smallest absolute Gasteiger partial charge is 0.226 e. The lowest BCUT2D eigenvalue weighted by atomic mass is 9.75. The maximum absolute atomic E-state index is 12.6. The van der Waals surface area contributed by atoms with Gasteiger partial charge in [-0.3, -0.25) is 9.78 Å². The summed E-state index contributed by atoms with van der Waals surface area (Å²) in [5, 5.41) is 3.14. The van der Waals surface area contributed by atoms with Gasteiger partial charge in [0.25, 0.3) is 0 Å². The van der Waals surface area contributed by atoms with Gasteiger partial charge in [-0.05, 0) is 62.0 Å². The molecular weight excluding hydrogens is 236 g/mol. The number of hydrogen-bond acceptors (Lipinski definition) is 2. The van der Waals surface area contributed by atoms with Crippen LogP contribution in [0, 0.1) is 23.2 Å². The Balaban J connectivity index is 1.47. The van der Waals surface area contributed by atoms with E-state index in [-0.39, 0.29) is 5.41 Å². The highest BCUT2D eigenvalue weighted by Gasteiger charge is 2.61. The van der Waals surface area contributed by atoms with Gasteiger partial charge in [0.05, 0.1) is 17.7 Å². The lowest BCUT2D eigenvalue weighted by Crippen LogP contribution is -2.41. The Hall–Kier alpha value is -1.38. The maximum atomic E-state index is 12.6. The molecule has 1 amide bonds. The number of aromatic nitrogens is 1. The van der Waals surface area contributed by atoms with Gasteiger partial charge in [0.2, 0.25) is 5.91 Å². The van der Waals surface area contributed by atoms with E-state index in [1.807, 2.05) is 18.2 Å². The zero-order valence-corrected chi connectivity index (χ0v) is 11.1. The van der Waals surface area contributed by atoms with Gasteiger partial charge in [0.1, 0.15) is 0 Å². The first-order valence-electron chi connectivity index (χ1n) is 7.44. The normalized spacial score (nSPS) is 38.6. The molecular formula is C16H20N2O. The number of pyridine rings is 1. The van der Waals surface area contributed by atoms with E-state index in [0.717, 1.165) is 30.4 Å². The van der Waals surface area contributed by atoms with Gasteiger partial charge in [0, 0.05) is 6.20 Å². The fourth-order valence-electron chi connectivity index (χ4n) is 5.02. The Labute approximate surface area is 113 Å². The number of amides is 1. The molecule has 1 aromatic rings. The molecule has 19 heavy (non-hydrogen) atoms. The molecule has 1 aromatic heterocycles. The van der Waals surface area contributed by atoms with Gasteiger partial charge in [-0.25, -0.2) is 0 Å². The summed E-state index contributed by atoms with van der Waals surface area (Å²) in [7, 11) is 0. The van der Waals surface area contributed by atoms with Crippen molar-refractivity contribution in [3.63, 3.8) is 0 Å². The van der Waals surface area contributed by atoms with E-state index in [1.165, 1.54) is 19.3 Å². The van der Waals surface area contributed by atoms with E-state index in [1.54, 1.807) is 6.20 Å². The van der Waals surface area contributed by atoms with Gasteiger partial charge in [0.15, 0.2) is 0 Å². The van der Waals surface area contributed by atoms with Gasteiger partial charge in [-0.1, -0.05) is 6.07 Å². The molecule has 0 aromatic carbocycles. The van der Waals surface area contributed by atoms with Gasteiger partial charge in [-0.2, -0.15) is 0 Å². The van der Waals surface area contributed by atoms with E-state index < -0.39 is 0 Å². The third-order valence-electron chi connectivity index (χ3n) is 5.60. The van der Waals surface area contributed by atoms with E-state index in [4.69, 9.17) is 0 Å². The van der Waals surface area contributed by atoms with Crippen molar-refractivity contribution in [1.29, 1.82) is 0 Å². The number of nitrogens with one attached hydrogen (secondary N) is 1. The molecule has 0 aliphatic heterocycles.